The molecule has 0 saturated carbocycles. The molecule has 0 spiro atoms. The van der Waals surface area contributed by atoms with Crippen LogP contribution in [-0.4, -0.2) is 43.6 Å². The summed E-state index contributed by atoms with van der Waals surface area (Å²) in [6.45, 7) is 7.40. The molecule has 8 nitrogen and oxygen atoms in total. The molecule has 1 amide bonds. The molecule has 2 aromatic carbocycles. The minimum absolute atomic E-state index is 0.00727. The lowest BCUT2D eigenvalue weighted by atomic mass is 10.0. The Morgan fingerprint density at radius 1 is 1.19 bits per heavy atom. The van der Waals surface area contributed by atoms with E-state index in [1.54, 1.807) is 61.8 Å². The van der Waals surface area contributed by atoms with Crippen LogP contribution in [-0.2, 0) is 21.4 Å². The summed E-state index contributed by atoms with van der Waals surface area (Å²) in [4.78, 5) is 12.5. The number of methoxy groups -OCH3 is 1. The largest absolute Gasteiger partial charge is 0.497 e. The molecular weight excluding hydrogens is 432 g/mol. The molecule has 2 rings (SSSR count). The summed E-state index contributed by atoms with van der Waals surface area (Å²) in [5.41, 5.74) is 2.23. The number of rotatable bonds is 12. The topological polar surface area (TPSA) is 105 Å². The molecule has 1 unspecified atom stereocenters. The van der Waals surface area contributed by atoms with Crippen LogP contribution in [0, 0.1) is 5.92 Å². The molecule has 0 bridgehead atoms. The molecule has 0 aliphatic carbocycles. The lowest BCUT2D eigenvalue weighted by Gasteiger charge is -2.32. The second-order valence-corrected chi connectivity index (χ2v) is 9.35. The van der Waals surface area contributed by atoms with E-state index in [1.165, 1.54) is 19.2 Å². The van der Waals surface area contributed by atoms with Crippen molar-refractivity contribution in [1.82, 2.24) is 9.79 Å². The van der Waals surface area contributed by atoms with Crippen molar-refractivity contribution < 1.29 is 27.9 Å². The first kappa shape index (κ1) is 25.4. The van der Waals surface area contributed by atoms with Crippen LogP contribution in [0.15, 0.2) is 66.1 Å². The predicted molar refractivity (Wildman–Crippen MR) is 121 cm³/mol. The average molecular weight is 463 g/mol. The Kier molecular flexibility index (Phi) is 9.25. The van der Waals surface area contributed by atoms with Crippen molar-refractivity contribution in [2.75, 3.05) is 13.7 Å². The molecule has 0 heterocycles. The molecule has 2 N–H and O–H groups in total. The first-order chi connectivity index (χ1) is 15.2. The lowest BCUT2D eigenvalue weighted by molar-refractivity contribution is -0.134. The fourth-order valence-corrected chi connectivity index (χ4v) is 4.93. The van der Waals surface area contributed by atoms with Crippen molar-refractivity contribution in [2.45, 2.75) is 37.8 Å². The maximum atomic E-state index is 13.6. The highest BCUT2D eigenvalue weighted by Crippen LogP contribution is 2.27. The van der Waals surface area contributed by atoms with Gasteiger partial charge >= 0.3 is 0 Å². The SMILES string of the molecule is C=CCCOc1ccc(S(=O)(=O)N(Cc2cccc(OC)c2)C(C(=O)NO)C(C)C)cc1. The van der Waals surface area contributed by atoms with Gasteiger partial charge in [-0.1, -0.05) is 32.1 Å². The first-order valence-corrected chi connectivity index (χ1v) is 11.6. The minimum Gasteiger partial charge on any atom is -0.497 e. The number of hydroxylamine groups is 1. The van der Waals surface area contributed by atoms with Gasteiger partial charge in [0.1, 0.15) is 17.5 Å². The number of hydrogen-bond donors (Lipinski definition) is 2. The van der Waals surface area contributed by atoms with E-state index >= 15 is 0 Å². The number of sulfonamides is 1. The van der Waals surface area contributed by atoms with Gasteiger partial charge in [0.2, 0.25) is 10.0 Å². The molecule has 0 saturated heterocycles. The van der Waals surface area contributed by atoms with Crippen LogP contribution in [0.1, 0.15) is 25.8 Å². The Bertz CT molecular complexity index is 1010. The van der Waals surface area contributed by atoms with Crippen LogP contribution in [0.5, 0.6) is 11.5 Å². The van der Waals surface area contributed by atoms with Crippen molar-refractivity contribution in [3.8, 4) is 11.5 Å². The van der Waals surface area contributed by atoms with Crippen molar-refractivity contribution in [2.24, 2.45) is 5.92 Å². The zero-order valence-corrected chi connectivity index (χ0v) is 19.3. The second kappa shape index (κ2) is 11.7. The quantitative estimate of drug-likeness (QED) is 0.217. The van der Waals surface area contributed by atoms with Crippen molar-refractivity contribution in [3.05, 3.63) is 66.7 Å². The smallest absolute Gasteiger partial charge is 0.262 e. The minimum atomic E-state index is -4.11. The summed E-state index contributed by atoms with van der Waals surface area (Å²) < 4.78 is 39.1. The maximum absolute atomic E-state index is 13.6. The normalized spacial score (nSPS) is 12.4. The van der Waals surface area contributed by atoms with Crippen LogP contribution in [0.2, 0.25) is 0 Å². The molecule has 32 heavy (non-hydrogen) atoms. The molecule has 174 valence electrons. The number of nitrogens with one attached hydrogen (secondary N) is 1. The fraction of sp³-hybridized carbons (Fsp3) is 0.348. The van der Waals surface area contributed by atoms with Crippen LogP contribution in [0.25, 0.3) is 0 Å². The zero-order chi connectivity index (χ0) is 23.7. The predicted octanol–water partition coefficient (Wildman–Crippen LogP) is 3.37. The fourth-order valence-electron chi connectivity index (χ4n) is 3.22. The van der Waals surface area contributed by atoms with Gasteiger partial charge in [-0.25, -0.2) is 13.9 Å². The number of ether oxygens (including phenoxy) is 2. The highest BCUT2D eigenvalue weighted by Gasteiger charge is 2.38. The van der Waals surface area contributed by atoms with Gasteiger partial charge in [0.05, 0.1) is 18.6 Å². The zero-order valence-electron chi connectivity index (χ0n) is 18.5. The van der Waals surface area contributed by atoms with Crippen molar-refractivity contribution in [1.29, 1.82) is 0 Å². The van der Waals surface area contributed by atoms with E-state index in [0.717, 1.165) is 4.31 Å². The van der Waals surface area contributed by atoms with E-state index in [2.05, 4.69) is 6.58 Å². The van der Waals surface area contributed by atoms with Gasteiger partial charge in [0, 0.05) is 6.54 Å². The summed E-state index contributed by atoms with van der Waals surface area (Å²) in [5.74, 6) is -0.132. The summed E-state index contributed by atoms with van der Waals surface area (Å²) in [6, 6.07) is 11.8. The van der Waals surface area contributed by atoms with Gasteiger partial charge < -0.3 is 9.47 Å². The maximum Gasteiger partial charge on any atom is 0.262 e. The monoisotopic (exact) mass is 462 g/mol. The molecular formula is C23H30N2O6S. The number of benzene rings is 2. The summed E-state index contributed by atoms with van der Waals surface area (Å²) in [5, 5.41) is 9.26. The average Bonchev–Trinajstić information content (AvgIpc) is 2.78. The number of carbonyl (C=O) groups excluding carboxylic acids is 1. The third-order valence-electron chi connectivity index (χ3n) is 4.81. The number of carbonyl (C=O) groups is 1. The second-order valence-electron chi connectivity index (χ2n) is 7.46. The van der Waals surface area contributed by atoms with E-state index < -0.39 is 27.9 Å². The molecule has 0 aliphatic rings. The highest BCUT2D eigenvalue weighted by molar-refractivity contribution is 7.89. The molecule has 0 aliphatic heterocycles. The first-order valence-electron chi connectivity index (χ1n) is 10.2. The summed E-state index contributed by atoms with van der Waals surface area (Å²) in [6.07, 6.45) is 2.40. The molecule has 0 fully saturated rings. The Hall–Kier alpha value is -2.88. The lowest BCUT2D eigenvalue weighted by Crippen LogP contribution is -2.51. The standard InChI is InChI=1S/C23H30N2O6S/c1-5-6-14-31-19-10-12-21(13-11-19)32(28,29)25(22(17(2)3)23(26)24-27)16-18-8-7-9-20(15-18)30-4/h5,7-13,15,17,22,27H,1,6,14,16H2,2-4H3,(H,24,26). The summed E-state index contributed by atoms with van der Waals surface area (Å²) in [7, 11) is -2.59. The van der Waals surface area contributed by atoms with Crippen molar-refractivity contribution >= 4 is 15.9 Å². The van der Waals surface area contributed by atoms with E-state index in [4.69, 9.17) is 9.47 Å². The molecule has 1 atom stereocenters. The highest BCUT2D eigenvalue weighted by atomic mass is 32.2. The van der Waals surface area contributed by atoms with Crippen LogP contribution in [0.3, 0.4) is 0 Å². The molecule has 0 aromatic heterocycles. The van der Waals surface area contributed by atoms with E-state index in [0.29, 0.717) is 30.1 Å². The molecule has 9 heteroatoms. The van der Waals surface area contributed by atoms with Crippen LogP contribution < -0.4 is 15.0 Å². The number of hydrogen-bond acceptors (Lipinski definition) is 6. The van der Waals surface area contributed by atoms with Crippen molar-refractivity contribution in [3.63, 3.8) is 0 Å². The van der Waals surface area contributed by atoms with Gasteiger partial charge in [-0.05, 0) is 54.3 Å². The van der Waals surface area contributed by atoms with E-state index in [-0.39, 0.29) is 11.4 Å². The molecule has 2 aromatic rings. The third kappa shape index (κ3) is 6.32. The Labute approximate surface area is 189 Å². The van der Waals surface area contributed by atoms with Crippen LogP contribution in [0.4, 0.5) is 0 Å². The summed E-state index contributed by atoms with van der Waals surface area (Å²) >= 11 is 0. The van der Waals surface area contributed by atoms with Gasteiger partial charge in [0.25, 0.3) is 5.91 Å². The Morgan fingerprint density at radius 2 is 1.88 bits per heavy atom. The Balaban J connectivity index is 2.46. The van der Waals surface area contributed by atoms with Crippen LogP contribution >= 0.6 is 0 Å². The van der Waals surface area contributed by atoms with Gasteiger partial charge in [-0.15, -0.1) is 6.58 Å². The molecule has 0 radical (unpaired) electrons. The number of nitrogens with zero attached hydrogens (tertiary/aromatic N) is 1. The van der Waals surface area contributed by atoms with Gasteiger partial charge in [0.15, 0.2) is 0 Å². The Morgan fingerprint density at radius 3 is 2.44 bits per heavy atom. The van der Waals surface area contributed by atoms with Gasteiger partial charge in [-0.2, -0.15) is 4.31 Å². The third-order valence-corrected chi connectivity index (χ3v) is 6.66. The van der Waals surface area contributed by atoms with Gasteiger partial charge in [-0.3, -0.25) is 10.0 Å². The number of amides is 1. The van der Waals surface area contributed by atoms with E-state index in [1.807, 2.05) is 0 Å². The van der Waals surface area contributed by atoms with E-state index in [9.17, 15) is 18.4 Å².